The number of nitrogens with one attached hydrogen (secondary N) is 1. The summed E-state index contributed by atoms with van der Waals surface area (Å²) in [5.74, 6) is 0.193. The molecule has 1 atom stereocenters. The van der Waals surface area contributed by atoms with Gasteiger partial charge in [0, 0.05) is 11.0 Å². The molecule has 0 aliphatic heterocycles. The summed E-state index contributed by atoms with van der Waals surface area (Å²) < 4.78 is 34.0. The van der Waals surface area contributed by atoms with Crippen molar-refractivity contribution < 1.29 is 17.9 Å². The third-order valence-corrected chi connectivity index (χ3v) is 7.59. The lowest BCUT2D eigenvalue weighted by molar-refractivity contribution is -0.121. The van der Waals surface area contributed by atoms with Crippen LogP contribution in [0.4, 0.5) is 0 Å². The Labute approximate surface area is 203 Å². The highest BCUT2D eigenvalue weighted by molar-refractivity contribution is 9.10. The van der Waals surface area contributed by atoms with Gasteiger partial charge >= 0.3 is 0 Å². The minimum atomic E-state index is -3.89. The van der Waals surface area contributed by atoms with Crippen LogP contribution in [0.25, 0.3) is 0 Å². The SMILES string of the molecule is COc1ccc(S(=O)(=O)N(CCc2ccccc2)CC(=O)N[C@H](C)c2cccc(Br)c2)cc1. The number of sulfonamides is 1. The van der Waals surface area contributed by atoms with Gasteiger partial charge in [-0.3, -0.25) is 4.79 Å². The molecule has 0 radical (unpaired) electrons. The van der Waals surface area contributed by atoms with E-state index in [0.29, 0.717) is 12.2 Å². The van der Waals surface area contributed by atoms with Gasteiger partial charge in [0.05, 0.1) is 24.6 Å². The second-order valence-corrected chi connectivity index (χ2v) is 10.4. The van der Waals surface area contributed by atoms with E-state index in [0.717, 1.165) is 15.6 Å². The van der Waals surface area contributed by atoms with Crippen molar-refractivity contribution in [1.29, 1.82) is 0 Å². The van der Waals surface area contributed by atoms with Gasteiger partial charge in [0.2, 0.25) is 15.9 Å². The maximum Gasteiger partial charge on any atom is 0.243 e. The van der Waals surface area contributed by atoms with Crippen molar-refractivity contribution in [3.05, 3.63) is 94.5 Å². The predicted molar refractivity (Wildman–Crippen MR) is 133 cm³/mol. The predicted octanol–water partition coefficient (Wildman–Crippen LogP) is 4.57. The van der Waals surface area contributed by atoms with Crippen LogP contribution in [0.15, 0.2) is 88.2 Å². The Morgan fingerprint density at radius 3 is 2.36 bits per heavy atom. The molecular weight excluding hydrogens is 504 g/mol. The zero-order valence-electron chi connectivity index (χ0n) is 18.6. The number of rotatable bonds is 10. The Bertz CT molecular complexity index is 1170. The number of carbonyl (C=O) groups excluding carboxylic acids is 1. The molecule has 6 nitrogen and oxygen atoms in total. The van der Waals surface area contributed by atoms with Gasteiger partial charge in [-0.25, -0.2) is 8.42 Å². The molecule has 0 saturated carbocycles. The van der Waals surface area contributed by atoms with Crippen LogP contribution >= 0.6 is 15.9 Å². The number of hydrogen-bond donors (Lipinski definition) is 1. The molecule has 8 heteroatoms. The van der Waals surface area contributed by atoms with Gasteiger partial charge in [-0.1, -0.05) is 58.4 Å². The van der Waals surface area contributed by atoms with Gasteiger partial charge in [0.1, 0.15) is 5.75 Å². The monoisotopic (exact) mass is 530 g/mol. The van der Waals surface area contributed by atoms with Crippen molar-refractivity contribution in [1.82, 2.24) is 9.62 Å². The standard InChI is InChI=1S/C25H27BrN2O4S/c1-19(21-9-6-10-22(26)17-21)27-25(29)18-28(16-15-20-7-4-3-5-8-20)33(30,31)24-13-11-23(32-2)12-14-24/h3-14,17,19H,15-16,18H2,1-2H3,(H,27,29)/t19-/m1/s1. The quantitative estimate of drug-likeness (QED) is 0.416. The first-order chi connectivity index (χ1) is 15.8. The second-order valence-electron chi connectivity index (χ2n) is 7.59. The molecule has 1 amide bonds. The molecule has 0 saturated heterocycles. The maximum atomic E-state index is 13.4. The molecule has 3 aromatic carbocycles. The van der Waals surface area contributed by atoms with E-state index >= 15 is 0 Å². The van der Waals surface area contributed by atoms with Gasteiger partial charge < -0.3 is 10.1 Å². The molecule has 3 aromatic rings. The lowest BCUT2D eigenvalue weighted by atomic mass is 10.1. The molecule has 0 aromatic heterocycles. The van der Waals surface area contributed by atoms with Gasteiger partial charge in [0.15, 0.2) is 0 Å². The first-order valence-electron chi connectivity index (χ1n) is 10.5. The average molecular weight is 531 g/mol. The van der Waals surface area contributed by atoms with E-state index in [2.05, 4.69) is 21.2 Å². The van der Waals surface area contributed by atoms with Gasteiger partial charge in [-0.2, -0.15) is 4.31 Å². The summed E-state index contributed by atoms with van der Waals surface area (Å²) >= 11 is 3.43. The normalized spacial score (nSPS) is 12.4. The minimum absolute atomic E-state index is 0.115. The van der Waals surface area contributed by atoms with Crippen LogP contribution in [0.1, 0.15) is 24.1 Å². The Balaban J connectivity index is 1.78. The van der Waals surface area contributed by atoms with Crippen molar-refractivity contribution >= 4 is 31.9 Å². The number of amides is 1. The van der Waals surface area contributed by atoms with Crippen molar-refractivity contribution in [2.45, 2.75) is 24.3 Å². The summed E-state index contributed by atoms with van der Waals surface area (Å²) in [5.41, 5.74) is 1.92. The summed E-state index contributed by atoms with van der Waals surface area (Å²) in [7, 11) is -2.37. The molecular formula is C25H27BrN2O4S. The third kappa shape index (κ3) is 6.90. The maximum absolute atomic E-state index is 13.4. The van der Waals surface area contributed by atoms with Crippen molar-refractivity contribution in [2.24, 2.45) is 0 Å². The smallest absolute Gasteiger partial charge is 0.243 e. The summed E-state index contributed by atoms with van der Waals surface area (Å²) in [6.45, 7) is 1.77. The topological polar surface area (TPSA) is 75.7 Å². The highest BCUT2D eigenvalue weighted by Gasteiger charge is 2.27. The summed E-state index contributed by atoms with van der Waals surface area (Å²) in [6.07, 6.45) is 0.491. The number of hydrogen-bond acceptors (Lipinski definition) is 4. The van der Waals surface area contributed by atoms with E-state index < -0.39 is 10.0 Å². The zero-order chi connectivity index (χ0) is 23.8. The van der Waals surface area contributed by atoms with Crippen LogP contribution in [0.3, 0.4) is 0 Å². The molecule has 0 aliphatic rings. The number of ether oxygens (including phenoxy) is 1. The summed E-state index contributed by atoms with van der Waals surface area (Å²) in [6, 6.07) is 23.1. The lowest BCUT2D eigenvalue weighted by Crippen LogP contribution is -2.42. The Morgan fingerprint density at radius 2 is 1.73 bits per heavy atom. The Kier molecular flexibility index (Phi) is 8.66. The summed E-state index contributed by atoms with van der Waals surface area (Å²) in [5, 5.41) is 2.91. The highest BCUT2D eigenvalue weighted by Crippen LogP contribution is 2.21. The number of nitrogens with zero attached hydrogens (tertiary/aromatic N) is 1. The molecule has 33 heavy (non-hydrogen) atoms. The minimum Gasteiger partial charge on any atom is -0.497 e. The summed E-state index contributed by atoms with van der Waals surface area (Å²) in [4.78, 5) is 13.0. The van der Waals surface area contributed by atoms with E-state index in [1.165, 1.54) is 23.5 Å². The zero-order valence-corrected chi connectivity index (χ0v) is 21.0. The number of benzene rings is 3. The van der Waals surface area contributed by atoms with E-state index in [4.69, 9.17) is 4.74 Å². The van der Waals surface area contributed by atoms with E-state index in [-0.39, 0.29) is 29.9 Å². The molecule has 0 fully saturated rings. The molecule has 0 spiro atoms. The Morgan fingerprint density at radius 1 is 1.03 bits per heavy atom. The average Bonchev–Trinajstić information content (AvgIpc) is 2.82. The first-order valence-corrected chi connectivity index (χ1v) is 12.8. The van der Waals surface area contributed by atoms with Crippen molar-refractivity contribution in [2.75, 3.05) is 20.2 Å². The molecule has 174 valence electrons. The fourth-order valence-corrected chi connectivity index (χ4v) is 5.20. The number of halogens is 1. The molecule has 0 unspecified atom stereocenters. The van der Waals surface area contributed by atoms with Gasteiger partial charge in [-0.15, -0.1) is 0 Å². The third-order valence-electron chi connectivity index (χ3n) is 5.24. The van der Waals surface area contributed by atoms with Crippen LogP contribution < -0.4 is 10.1 Å². The molecule has 0 heterocycles. The Hall–Kier alpha value is -2.68. The molecule has 0 aliphatic carbocycles. The van der Waals surface area contributed by atoms with E-state index in [1.807, 2.05) is 61.5 Å². The highest BCUT2D eigenvalue weighted by atomic mass is 79.9. The van der Waals surface area contributed by atoms with Crippen LogP contribution in [0, 0.1) is 0 Å². The van der Waals surface area contributed by atoms with Gasteiger partial charge in [-0.05, 0) is 60.9 Å². The van der Waals surface area contributed by atoms with Crippen LogP contribution in [-0.4, -0.2) is 38.8 Å². The van der Waals surface area contributed by atoms with Gasteiger partial charge in [0.25, 0.3) is 0 Å². The van der Waals surface area contributed by atoms with E-state index in [9.17, 15) is 13.2 Å². The first kappa shape index (κ1) is 25.0. The fraction of sp³-hybridized carbons (Fsp3) is 0.240. The van der Waals surface area contributed by atoms with Crippen molar-refractivity contribution in [3.63, 3.8) is 0 Å². The molecule has 0 bridgehead atoms. The number of carbonyl (C=O) groups is 1. The number of methoxy groups -OCH3 is 1. The molecule has 3 rings (SSSR count). The van der Waals surface area contributed by atoms with Crippen LogP contribution in [0.5, 0.6) is 5.75 Å². The lowest BCUT2D eigenvalue weighted by Gasteiger charge is -2.23. The second kappa shape index (κ2) is 11.4. The van der Waals surface area contributed by atoms with Crippen molar-refractivity contribution in [3.8, 4) is 5.75 Å². The van der Waals surface area contributed by atoms with E-state index in [1.54, 1.807) is 12.1 Å². The van der Waals surface area contributed by atoms with Crippen LogP contribution in [-0.2, 0) is 21.2 Å². The molecule has 1 N–H and O–H groups in total. The largest absolute Gasteiger partial charge is 0.497 e. The fourth-order valence-electron chi connectivity index (χ4n) is 3.39. The van der Waals surface area contributed by atoms with Crippen LogP contribution in [0.2, 0.25) is 0 Å².